The van der Waals surface area contributed by atoms with Crippen molar-refractivity contribution in [1.82, 2.24) is 4.90 Å². The van der Waals surface area contributed by atoms with Gasteiger partial charge in [0.05, 0.1) is 12.1 Å². The van der Waals surface area contributed by atoms with E-state index >= 15 is 0 Å². The second-order valence-electron chi connectivity index (χ2n) is 6.23. The lowest BCUT2D eigenvalue weighted by Crippen LogP contribution is -2.59. The van der Waals surface area contributed by atoms with E-state index < -0.39 is 0 Å². The molecule has 1 heterocycles. The van der Waals surface area contributed by atoms with Crippen molar-refractivity contribution in [3.05, 3.63) is 0 Å². The van der Waals surface area contributed by atoms with Gasteiger partial charge in [0.25, 0.3) is 0 Å². The third kappa shape index (κ3) is 2.58. The molecule has 0 aromatic rings. The van der Waals surface area contributed by atoms with E-state index in [-0.39, 0.29) is 5.54 Å². The predicted octanol–water partition coefficient (Wildman–Crippen LogP) is 1.72. The fourth-order valence-corrected chi connectivity index (χ4v) is 2.79. The molecular weight excluding hydrogens is 200 g/mol. The first-order valence-corrected chi connectivity index (χ1v) is 6.32. The molecule has 16 heavy (non-hydrogen) atoms. The summed E-state index contributed by atoms with van der Waals surface area (Å²) < 4.78 is 5.42. The molecule has 1 unspecified atom stereocenters. The van der Waals surface area contributed by atoms with E-state index in [4.69, 9.17) is 10.5 Å². The highest BCUT2D eigenvalue weighted by molar-refractivity contribution is 4.99. The molecule has 3 nitrogen and oxygen atoms in total. The molecule has 0 aliphatic carbocycles. The van der Waals surface area contributed by atoms with E-state index in [1.54, 1.807) is 7.11 Å². The summed E-state index contributed by atoms with van der Waals surface area (Å²) >= 11 is 0. The van der Waals surface area contributed by atoms with Crippen molar-refractivity contribution in [2.24, 2.45) is 17.1 Å². The Labute approximate surface area is 100 Å². The summed E-state index contributed by atoms with van der Waals surface area (Å²) in [5, 5.41) is 0. The highest BCUT2D eigenvalue weighted by atomic mass is 16.5. The summed E-state index contributed by atoms with van der Waals surface area (Å²) in [5.41, 5.74) is 6.48. The summed E-state index contributed by atoms with van der Waals surface area (Å²) in [4.78, 5) is 2.54. The summed E-state index contributed by atoms with van der Waals surface area (Å²) in [6.45, 7) is 12.8. The Kier molecular flexibility index (Phi) is 4.38. The van der Waals surface area contributed by atoms with Crippen molar-refractivity contribution in [1.29, 1.82) is 0 Å². The number of nitrogens with zero attached hydrogens (tertiary/aromatic N) is 1. The van der Waals surface area contributed by atoms with Crippen LogP contribution in [0.25, 0.3) is 0 Å². The minimum absolute atomic E-state index is 0.0164. The Morgan fingerprint density at radius 2 is 2.06 bits per heavy atom. The summed E-state index contributed by atoms with van der Waals surface area (Å²) in [5.74, 6) is 0.520. The van der Waals surface area contributed by atoms with Gasteiger partial charge in [-0.1, -0.05) is 27.7 Å². The molecule has 0 spiro atoms. The van der Waals surface area contributed by atoms with Crippen molar-refractivity contribution >= 4 is 0 Å². The van der Waals surface area contributed by atoms with E-state index in [0.29, 0.717) is 17.9 Å². The number of methoxy groups -OCH3 is 1. The largest absolute Gasteiger partial charge is 0.383 e. The van der Waals surface area contributed by atoms with Crippen LogP contribution in [0.1, 0.15) is 34.1 Å². The van der Waals surface area contributed by atoms with Gasteiger partial charge in [-0.2, -0.15) is 0 Å². The van der Waals surface area contributed by atoms with Crippen LogP contribution in [0.5, 0.6) is 0 Å². The number of hydrogen-bond acceptors (Lipinski definition) is 3. The van der Waals surface area contributed by atoms with E-state index in [0.717, 1.165) is 19.7 Å². The zero-order valence-electron chi connectivity index (χ0n) is 11.5. The predicted molar refractivity (Wildman–Crippen MR) is 68.5 cm³/mol. The maximum Gasteiger partial charge on any atom is 0.0661 e. The molecular formula is C13H28N2O. The van der Waals surface area contributed by atoms with E-state index in [1.165, 1.54) is 6.42 Å². The van der Waals surface area contributed by atoms with Crippen molar-refractivity contribution in [2.75, 3.05) is 33.4 Å². The lowest BCUT2D eigenvalue weighted by molar-refractivity contribution is -0.00736. The molecule has 0 saturated carbocycles. The van der Waals surface area contributed by atoms with Crippen LogP contribution in [0.3, 0.4) is 0 Å². The van der Waals surface area contributed by atoms with Crippen LogP contribution in [0.2, 0.25) is 0 Å². The number of likely N-dealkylation sites (tertiary alicyclic amines) is 1. The molecule has 3 heteroatoms. The van der Waals surface area contributed by atoms with E-state index in [1.807, 2.05) is 0 Å². The molecule has 0 bridgehead atoms. The minimum atomic E-state index is 0.0164. The molecule has 1 aliphatic rings. The van der Waals surface area contributed by atoms with Gasteiger partial charge in [0.2, 0.25) is 0 Å². The molecule has 1 fully saturated rings. The van der Waals surface area contributed by atoms with Crippen LogP contribution in [-0.4, -0.2) is 43.8 Å². The Hall–Kier alpha value is -0.120. The minimum Gasteiger partial charge on any atom is -0.383 e. The topological polar surface area (TPSA) is 38.5 Å². The molecule has 0 amide bonds. The molecule has 2 N–H and O–H groups in total. The average molecular weight is 228 g/mol. The molecule has 1 aliphatic heterocycles. The molecule has 0 aromatic heterocycles. The second-order valence-corrected chi connectivity index (χ2v) is 6.23. The number of ether oxygens (including phenoxy) is 1. The first-order chi connectivity index (χ1) is 7.38. The summed E-state index contributed by atoms with van der Waals surface area (Å²) in [6.07, 6.45) is 1.26. The fraction of sp³-hybridized carbons (Fsp3) is 1.00. The van der Waals surface area contributed by atoms with Crippen LogP contribution < -0.4 is 5.73 Å². The SMILES string of the molecule is COCC(CN)(C(C)C)N1CCC(C)(C)C1. The summed E-state index contributed by atoms with van der Waals surface area (Å²) in [6, 6.07) is 0. The molecule has 1 atom stereocenters. The van der Waals surface area contributed by atoms with Gasteiger partial charge in [-0.15, -0.1) is 0 Å². The lowest BCUT2D eigenvalue weighted by atomic mass is 9.85. The number of rotatable bonds is 5. The fourth-order valence-electron chi connectivity index (χ4n) is 2.79. The lowest BCUT2D eigenvalue weighted by Gasteiger charge is -2.44. The zero-order chi connectivity index (χ0) is 12.4. The second kappa shape index (κ2) is 5.03. The van der Waals surface area contributed by atoms with Crippen LogP contribution in [0, 0.1) is 11.3 Å². The van der Waals surface area contributed by atoms with Crippen molar-refractivity contribution in [3.8, 4) is 0 Å². The quantitative estimate of drug-likeness (QED) is 0.778. The first kappa shape index (κ1) is 13.9. The third-order valence-electron chi connectivity index (χ3n) is 4.13. The highest BCUT2D eigenvalue weighted by Gasteiger charge is 2.44. The molecule has 1 saturated heterocycles. The normalized spacial score (nSPS) is 24.9. The van der Waals surface area contributed by atoms with Gasteiger partial charge in [-0.05, 0) is 24.3 Å². The van der Waals surface area contributed by atoms with Crippen molar-refractivity contribution in [2.45, 2.75) is 39.7 Å². The molecule has 96 valence electrons. The molecule has 0 aromatic carbocycles. The van der Waals surface area contributed by atoms with Gasteiger partial charge in [0.15, 0.2) is 0 Å². The standard InChI is InChI=1S/C13H28N2O/c1-11(2)13(8-14,10-16-5)15-7-6-12(3,4)9-15/h11H,6-10,14H2,1-5H3. The monoisotopic (exact) mass is 228 g/mol. The number of nitrogens with two attached hydrogens (primary N) is 1. The van der Waals surface area contributed by atoms with Gasteiger partial charge >= 0.3 is 0 Å². The van der Waals surface area contributed by atoms with E-state index in [9.17, 15) is 0 Å². The van der Waals surface area contributed by atoms with Gasteiger partial charge in [-0.3, -0.25) is 4.90 Å². The smallest absolute Gasteiger partial charge is 0.0661 e. The van der Waals surface area contributed by atoms with Gasteiger partial charge in [-0.25, -0.2) is 0 Å². The van der Waals surface area contributed by atoms with Gasteiger partial charge in [0.1, 0.15) is 0 Å². The summed E-state index contributed by atoms with van der Waals surface area (Å²) in [7, 11) is 1.77. The maximum absolute atomic E-state index is 6.04. The first-order valence-electron chi connectivity index (χ1n) is 6.32. The Bertz CT molecular complexity index is 228. The third-order valence-corrected chi connectivity index (χ3v) is 4.13. The van der Waals surface area contributed by atoms with Crippen molar-refractivity contribution in [3.63, 3.8) is 0 Å². The Balaban J connectivity index is 2.85. The van der Waals surface area contributed by atoms with Crippen LogP contribution >= 0.6 is 0 Å². The molecule has 0 radical (unpaired) electrons. The van der Waals surface area contributed by atoms with Gasteiger partial charge < -0.3 is 10.5 Å². The van der Waals surface area contributed by atoms with E-state index in [2.05, 4.69) is 32.6 Å². The zero-order valence-corrected chi connectivity index (χ0v) is 11.5. The average Bonchev–Trinajstić information content (AvgIpc) is 2.55. The Morgan fingerprint density at radius 1 is 1.44 bits per heavy atom. The van der Waals surface area contributed by atoms with Crippen molar-refractivity contribution < 1.29 is 4.74 Å². The number of hydrogen-bond donors (Lipinski definition) is 1. The van der Waals surface area contributed by atoms with Crippen LogP contribution in [0.15, 0.2) is 0 Å². The van der Waals surface area contributed by atoms with Crippen LogP contribution in [0.4, 0.5) is 0 Å². The van der Waals surface area contributed by atoms with Crippen LogP contribution in [-0.2, 0) is 4.74 Å². The maximum atomic E-state index is 6.04. The van der Waals surface area contributed by atoms with Gasteiger partial charge in [0, 0.05) is 20.2 Å². The Morgan fingerprint density at radius 3 is 2.38 bits per heavy atom. The highest BCUT2D eigenvalue weighted by Crippen LogP contribution is 2.36. The molecule has 1 rings (SSSR count).